The van der Waals surface area contributed by atoms with Crippen LogP contribution in [-0.2, 0) is 4.79 Å². The van der Waals surface area contributed by atoms with Crippen molar-refractivity contribution in [2.24, 2.45) is 0 Å². The highest BCUT2D eigenvalue weighted by molar-refractivity contribution is 5.78. The zero-order valence-electron chi connectivity index (χ0n) is 10.3. The fraction of sp³-hybridized carbons (Fsp3) is 0.545. The van der Waals surface area contributed by atoms with Gasteiger partial charge in [-0.2, -0.15) is 9.97 Å². The lowest BCUT2D eigenvalue weighted by Gasteiger charge is -2.21. The summed E-state index contributed by atoms with van der Waals surface area (Å²) < 4.78 is 10.1. The topological polar surface area (TPSA) is 84.8 Å². The van der Waals surface area contributed by atoms with Crippen LogP contribution in [0, 0.1) is 0 Å². The van der Waals surface area contributed by atoms with Crippen LogP contribution in [0.2, 0.25) is 0 Å². The first kappa shape index (κ1) is 12.4. The molecule has 0 aliphatic carbocycles. The van der Waals surface area contributed by atoms with Gasteiger partial charge >= 0.3 is 5.97 Å². The average Bonchev–Trinajstić information content (AvgIpc) is 2.87. The van der Waals surface area contributed by atoms with E-state index in [-0.39, 0.29) is 0 Å². The van der Waals surface area contributed by atoms with E-state index in [2.05, 4.69) is 9.97 Å². The van der Waals surface area contributed by atoms with Gasteiger partial charge in [0.25, 0.3) is 0 Å². The first-order chi connectivity index (χ1) is 8.65. The lowest BCUT2D eigenvalue weighted by atomic mass is 10.2. The normalized spacial score (nSPS) is 18.8. The predicted octanol–water partition coefficient (Wildman–Crippen LogP) is 0.547. The summed E-state index contributed by atoms with van der Waals surface area (Å²) in [5.74, 6) is 0.176. The quantitative estimate of drug-likeness (QED) is 0.838. The Balaban J connectivity index is 2.34. The van der Waals surface area contributed by atoms with Crippen LogP contribution in [0.25, 0.3) is 0 Å². The van der Waals surface area contributed by atoms with Crippen LogP contribution in [0.5, 0.6) is 11.8 Å². The van der Waals surface area contributed by atoms with Gasteiger partial charge in [0, 0.05) is 6.54 Å². The van der Waals surface area contributed by atoms with Crippen LogP contribution in [0.15, 0.2) is 6.07 Å². The Morgan fingerprint density at radius 3 is 2.50 bits per heavy atom. The molecule has 1 aromatic heterocycles. The molecular weight excluding hydrogens is 238 g/mol. The van der Waals surface area contributed by atoms with Gasteiger partial charge in [-0.3, -0.25) is 0 Å². The fourth-order valence-corrected chi connectivity index (χ4v) is 1.99. The third-order valence-electron chi connectivity index (χ3n) is 2.88. The minimum Gasteiger partial charge on any atom is -0.481 e. The van der Waals surface area contributed by atoms with Crippen LogP contribution >= 0.6 is 0 Å². The van der Waals surface area contributed by atoms with E-state index in [0.717, 1.165) is 6.42 Å². The Kier molecular flexibility index (Phi) is 3.50. The van der Waals surface area contributed by atoms with E-state index in [4.69, 9.17) is 14.6 Å². The van der Waals surface area contributed by atoms with Crippen molar-refractivity contribution < 1.29 is 19.4 Å². The second-order valence-electron chi connectivity index (χ2n) is 3.94. The highest BCUT2D eigenvalue weighted by Crippen LogP contribution is 2.26. The zero-order chi connectivity index (χ0) is 13.1. The number of carboxylic acids is 1. The molecule has 0 bridgehead atoms. The molecule has 0 radical (unpaired) electrons. The Bertz CT molecular complexity index is 430. The molecule has 0 spiro atoms. The molecule has 0 saturated carbocycles. The number of nitrogens with zero attached hydrogens (tertiary/aromatic N) is 3. The molecule has 1 saturated heterocycles. The number of carbonyl (C=O) groups is 1. The van der Waals surface area contributed by atoms with Gasteiger partial charge in [-0.25, -0.2) is 4.79 Å². The number of ether oxygens (including phenoxy) is 2. The smallest absolute Gasteiger partial charge is 0.326 e. The number of hydrogen-bond donors (Lipinski definition) is 1. The monoisotopic (exact) mass is 253 g/mol. The van der Waals surface area contributed by atoms with Crippen LogP contribution in [0.4, 0.5) is 5.95 Å². The highest BCUT2D eigenvalue weighted by Gasteiger charge is 2.32. The Hall–Kier alpha value is -2.05. The van der Waals surface area contributed by atoms with Gasteiger partial charge in [-0.05, 0) is 12.8 Å². The van der Waals surface area contributed by atoms with Crippen molar-refractivity contribution in [1.82, 2.24) is 9.97 Å². The standard InChI is InChI=1S/C11H15N3O4/c1-17-8-6-9(18-2)13-11(12-8)14-5-3-4-7(14)10(15)16/h6-7H,3-5H2,1-2H3,(H,15,16)/t7-/m1/s1. The summed E-state index contributed by atoms with van der Waals surface area (Å²) in [4.78, 5) is 21.1. The molecular formula is C11H15N3O4. The third kappa shape index (κ3) is 2.29. The van der Waals surface area contributed by atoms with Crippen molar-refractivity contribution in [3.05, 3.63) is 6.07 Å². The zero-order valence-corrected chi connectivity index (χ0v) is 10.3. The van der Waals surface area contributed by atoms with Crippen molar-refractivity contribution in [3.8, 4) is 11.8 Å². The Morgan fingerprint density at radius 1 is 1.39 bits per heavy atom. The van der Waals surface area contributed by atoms with Gasteiger partial charge in [0.1, 0.15) is 6.04 Å². The molecule has 1 aliphatic heterocycles. The van der Waals surface area contributed by atoms with Crippen molar-refractivity contribution in [2.75, 3.05) is 25.7 Å². The van der Waals surface area contributed by atoms with Gasteiger partial charge in [-0.1, -0.05) is 0 Å². The second kappa shape index (κ2) is 5.07. The maximum atomic E-state index is 11.1. The predicted molar refractivity (Wildman–Crippen MR) is 63.1 cm³/mol. The third-order valence-corrected chi connectivity index (χ3v) is 2.88. The minimum atomic E-state index is -0.863. The summed E-state index contributed by atoms with van der Waals surface area (Å²) in [5, 5.41) is 9.14. The number of anilines is 1. The minimum absolute atomic E-state index is 0.330. The number of rotatable bonds is 4. The summed E-state index contributed by atoms with van der Waals surface area (Å²) in [6, 6.07) is 0.969. The van der Waals surface area contributed by atoms with E-state index in [1.54, 1.807) is 11.0 Å². The van der Waals surface area contributed by atoms with Gasteiger partial charge < -0.3 is 19.5 Å². The maximum Gasteiger partial charge on any atom is 0.326 e. The molecule has 2 heterocycles. The molecule has 0 unspecified atom stereocenters. The highest BCUT2D eigenvalue weighted by atomic mass is 16.5. The summed E-state index contributed by atoms with van der Waals surface area (Å²) in [5.41, 5.74) is 0. The Labute approximate surface area is 104 Å². The summed E-state index contributed by atoms with van der Waals surface area (Å²) in [6.07, 6.45) is 1.40. The van der Waals surface area contributed by atoms with E-state index >= 15 is 0 Å². The second-order valence-corrected chi connectivity index (χ2v) is 3.94. The van der Waals surface area contributed by atoms with Gasteiger partial charge in [-0.15, -0.1) is 0 Å². The van der Waals surface area contributed by atoms with Crippen LogP contribution in [-0.4, -0.2) is 47.8 Å². The molecule has 1 fully saturated rings. The summed E-state index contributed by atoms with van der Waals surface area (Å²) in [6.45, 7) is 0.618. The van der Waals surface area contributed by atoms with Gasteiger partial charge in [0.2, 0.25) is 17.7 Å². The number of aromatic nitrogens is 2. The number of carboxylic acid groups (broad SMARTS) is 1. The molecule has 98 valence electrons. The molecule has 7 nitrogen and oxygen atoms in total. The number of methoxy groups -OCH3 is 2. The van der Waals surface area contributed by atoms with Gasteiger partial charge in [0.05, 0.1) is 20.3 Å². The molecule has 0 aromatic carbocycles. The van der Waals surface area contributed by atoms with E-state index in [1.165, 1.54) is 14.2 Å². The molecule has 1 N–H and O–H groups in total. The fourth-order valence-electron chi connectivity index (χ4n) is 1.99. The van der Waals surface area contributed by atoms with Crippen LogP contribution in [0.1, 0.15) is 12.8 Å². The molecule has 1 aromatic rings. The van der Waals surface area contributed by atoms with E-state index in [9.17, 15) is 4.79 Å². The van der Waals surface area contributed by atoms with Crippen LogP contribution in [0.3, 0.4) is 0 Å². The van der Waals surface area contributed by atoms with E-state index in [0.29, 0.717) is 30.7 Å². The van der Waals surface area contributed by atoms with Crippen molar-refractivity contribution in [2.45, 2.75) is 18.9 Å². The Morgan fingerprint density at radius 2 is 2.00 bits per heavy atom. The number of aliphatic carboxylic acids is 1. The van der Waals surface area contributed by atoms with Crippen molar-refractivity contribution in [1.29, 1.82) is 0 Å². The molecule has 2 rings (SSSR count). The first-order valence-electron chi connectivity index (χ1n) is 5.62. The van der Waals surface area contributed by atoms with Crippen molar-refractivity contribution >= 4 is 11.9 Å². The summed E-state index contributed by atoms with van der Waals surface area (Å²) >= 11 is 0. The lowest BCUT2D eigenvalue weighted by molar-refractivity contribution is -0.138. The molecule has 1 atom stereocenters. The molecule has 1 aliphatic rings. The summed E-state index contributed by atoms with van der Waals surface area (Å²) in [7, 11) is 2.98. The molecule has 0 amide bonds. The lowest BCUT2D eigenvalue weighted by Crippen LogP contribution is -2.37. The molecule has 7 heteroatoms. The number of hydrogen-bond acceptors (Lipinski definition) is 6. The van der Waals surface area contributed by atoms with E-state index < -0.39 is 12.0 Å². The maximum absolute atomic E-state index is 11.1. The molecule has 18 heavy (non-hydrogen) atoms. The van der Waals surface area contributed by atoms with Gasteiger partial charge in [0.15, 0.2) is 0 Å². The van der Waals surface area contributed by atoms with Crippen LogP contribution < -0.4 is 14.4 Å². The largest absolute Gasteiger partial charge is 0.481 e. The van der Waals surface area contributed by atoms with Crippen molar-refractivity contribution in [3.63, 3.8) is 0 Å². The van der Waals surface area contributed by atoms with E-state index in [1.807, 2.05) is 0 Å². The SMILES string of the molecule is COc1cc(OC)nc(N2CCC[C@@H]2C(=O)O)n1. The average molecular weight is 253 g/mol. The first-order valence-corrected chi connectivity index (χ1v) is 5.62.